The summed E-state index contributed by atoms with van der Waals surface area (Å²) in [7, 11) is 0. The molecular weight excluding hydrogens is 1770 g/mol. The standard InChI is InChI=1S/C21H22N6O3.C18H25N5OS.C17H23N5OS.C15H16N6O.4C2HF3O2/c1-2-3-13-27-16-18(24-21(27)26-11-7-4-8-12-26)23-20(25-19(16)29)30-15-10-6-5-9-14(15)17(22)28;1-5-6-12-23-13-14(20-17(23)22-10-8-7-9-11-22)19-16(21-15(13)24)25-18(2,3)4;1-4-5-11-22-13-14(18-16(20-15(13)23)24-12(2)3)19-17(22)21-9-7-6-8-10-21;1-3-4-10-21-11-12(17-14(16-2)19-13(11)22)18-15(21)20-8-6-5-7-9-20;4*3-2(4,5)1(6)7/h5-6,9-10H,4,7-8,11-13H2,1H3,(H2,22,28)(H,23,25,29);7-12H2,1-4H3,(H,19,21,24);12H,6-11H2,1-3H3,(H,18,20,23);5-10H2,1H3,(H,17,19,22);4*(H,6,7). The highest BCUT2D eigenvalue weighted by Crippen LogP contribution is 2.33. The normalized spacial score (nSPS) is 13.8. The SMILES string of the molecule is CC#CCn1c(N2CCCCC2)nc2nc(Oc3ccccc3C(N)=O)[nH]c(=O)c21.CC#CCn1c(N2CCCCC2)nc2nc(SC(C)(C)C)[nH]c(=O)c21.CC#CCn1c(N2CCCCC2)nc2nc(SC(C)C)[nH]c(=O)c21.O=C(O)C(F)(F)F.O=C(O)C(F)(F)F.O=C(O)C(F)(F)F.O=C(O)C(F)(F)F.[C-]#[N+]c1nc2nc(N3CCCCC3)n(CC#CC)c2c(=O)[nH]1. The number of amides is 1. The highest BCUT2D eigenvalue weighted by atomic mass is 32.2. The Morgan fingerprint density at radius 1 is 0.450 bits per heavy atom. The molecule has 1 aromatic carbocycles. The Morgan fingerprint density at radius 2 is 0.729 bits per heavy atom. The molecule has 4 saturated heterocycles. The fraction of sp³-hybridized carbons (Fsp3) is 0.494. The highest BCUT2D eigenvalue weighted by Gasteiger charge is 2.41. The minimum absolute atomic E-state index is 0.0322. The van der Waals surface area contributed by atoms with Crippen molar-refractivity contribution in [2.45, 2.75) is 211 Å². The molecule has 9 aromatic rings. The second kappa shape index (κ2) is 47.4. The topological polar surface area (TPSA) is 473 Å². The zero-order valence-corrected chi connectivity index (χ0v) is 72.4. The summed E-state index contributed by atoms with van der Waals surface area (Å²) in [6, 6.07) is 6.44. The zero-order chi connectivity index (χ0) is 96.1. The molecule has 4 aliphatic rings. The van der Waals surface area contributed by atoms with Crippen LogP contribution in [0.1, 0.15) is 150 Å². The van der Waals surface area contributed by atoms with Crippen molar-refractivity contribution in [2.75, 3.05) is 72.0 Å². The number of aromatic nitrogens is 16. The van der Waals surface area contributed by atoms with Crippen LogP contribution in [0.2, 0.25) is 0 Å². The van der Waals surface area contributed by atoms with E-state index >= 15 is 0 Å². The van der Waals surface area contributed by atoms with Gasteiger partial charge in [-0.15, -0.1) is 35.2 Å². The number of imidazole rings is 4. The molecule has 0 spiro atoms. The smallest absolute Gasteiger partial charge is 0.475 e. The molecule has 0 unspecified atom stereocenters. The summed E-state index contributed by atoms with van der Waals surface area (Å²) < 4.78 is 140. The number of carbonyl (C=O) groups is 5. The molecule has 0 aliphatic carbocycles. The van der Waals surface area contributed by atoms with Gasteiger partial charge in [0.2, 0.25) is 29.4 Å². The minimum atomic E-state index is -5.08. The first-order chi connectivity index (χ1) is 60.6. The molecule has 0 atom stereocenters. The van der Waals surface area contributed by atoms with Crippen molar-refractivity contribution in [2.24, 2.45) is 5.73 Å². The third-order valence-electron chi connectivity index (χ3n) is 17.7. The third-order valence-corrected chi connectivity index (χ3v) is 19.6. The number of hydrogen-bond acceptors (Lipinski definition) is 24. The number of H-pyrrole nitrogens is 4. The number of carboxylic acid groups (broad SMARTS) is 4. The van der Waals surface area contributed by atoms with E-state index in [1.165, 1.54) is 37.4 Å². The molecule has 36 nitrogen and oxygen atoms in total. The number of alkyl halides is 12. The summed E-state index contributed by atoms with van der Waals surface area (Å²) in [6.45, 7) is 33.6. The summed E-state index contributed by atoms with van der Waals surface area (Å²) in [5, 5.41) is 30.1. The molecule has 13 rings (SSSR count). The van der Waals surface area contributed by atoms with E-state index in [-0.39, 0.29) is 55.9 Å². The Hall–Kier alpha value is -13.4. The number of nitrogens with two attached hydrogens (primary N) is 1. The van der Waals surface area contributed by atoms with Crippen LogP contribution in [0.4, 0.5) is 82.4 Å². The number of fused-ring (bicyclic) bond motifs is 4. The van der Waals surface area contributed by atoms with Crippen molar-refractivity contribution < 1.29 is 102 Å². The third kappa shape index (κ3) is 30.9. The molecular formula is C79H90F12N22O14S2. The van der Waals surface area contributed by atoms with E-state index in [1.807, 2.05) is 9.13 Å². The number of primary amides is 1. The monoisotopic (exact) mass is 1860 g/mol. The fourth-order valence-corrected chi connectivity index (χ4v) is 13.8. The maximum atomic E-state index is 12.9. The number of nitrogens with one attached hydrogen (secondary N) is 4. The molecule has 8 aromatic heterocycles. The Kier molecular flexibility index (Phi) is 38.3. The molecule has 4 aliphatic heterocycles. The van der Waals surface area contributed by atoms with E-state index in [9.17, 15) is 76.7 Å². The van der Waals surface area contributed by atoms with E-state index in [4.69, 9.17) is 66.6 Å². The number of anilines is 4. The first-order valence-corrected chi connectivity index (χ1v) is 40.9. The van der Waals surface area contributed by atoms with Crippen LogP contribution >= 0.6 is 23.5 Å². The van der Waals surface area contributed by atoms with E-state index in [0.29, 0.717) is 86.7 Å². The highest BCUT2D eigenvalue weighted by molar-refractivity contribution is 8.00. The van der Waals surface area contributed by atoms with Crippen LogP contribution in [0.25, 0.3) is 49.5 Å². The van der Waals surface area contributed by atoms with E-state index in [1.54, 1.807) is 72.9 Å². The maximum Gasteiger partial charge on any atom is 0.490 e. The van der Waals surface area contributed by atoms with Gasteiger partial charge in [0.05, 0.1) is 31.7 Å². The van der Waals surface area contributed by atoms with Crippen molar-refractivity contribution in [3.63, 3.8) is 0 Å². The van der Waals surface area contributed by atoms with Crippen LogP contribution in [0.15, 0.2) is 53.8 Å². The second-order valence-electron chi connectivity index (χ2n) is 28.7. The van der Waals surface area contributed by atoms with Crippen LogP contribution in [-0.4, -0.2) is 215 Å². The van der Waals surface area contributed by atoms with Crippen LogP contribution < -0.4 is 52.3 Å². The van der Waals surface area contributed by atoms with E-state index in [2.05, 4.69) is 156 Å². The number of piperidine rings is 4. The van der Waals surface area contributed by atoms with Gasteiger partial charge >= 0.3 is 66.1 Å². The molecule has 0 bridgehead atoms. The summed E-state index contributed by atoms with van der Waals surface area (Å²) in [4.78, 5) is 157. The predicted octanol–water partition coefficient (Wildman–Crippen LogP) is 11.9. The van der Waals surface area contributed by atoms with Gasteiger partial charge in [-0.25, -0.2) is 29.1 Å². The minimum Gasteiger partial charge on any atom is -0.475 e. The fourth-order valence-electron chi connectivity index (χ4n) is 12.2. The van der Waals surface area contributed by atoms with Crippen LogP contribution in [-0.2, 0) is 45.4 Å². The summed E-state index contributed by atoms with van der Waals surface area (Å²) in [5.74, 6) is 15.2. The number of benzene rings is 1. The first kappa shape index (κ1) is 104. The average Bonchev–Trinajstić information content (AvgIpc) is 1.63. The molecule has 10 N–H and O–H groups in total. The number of aromatic amines is 4. The number of halogens is 12. The lowest BCUT2D eigenvalue weighted by atomic mass is 10.1. The quantitative estimate of drug-likeness (QED) is 0.0160. The first-order valence-electron chi connectivity index (χ1n) is 39.2. The van der Waals surface area contributed by atoms with Gasteiger partial charge in [0.1, 0.15) is 5.75 Å². The second-order valence-corrected chi connectivity index (χ2v) is 32.1. The number of aliphatic carboxylic acids is 4. The Bertz CT molecular complexity index is 5910. The lowest BCUT2D eigenvalue weighted by Gasteiger charge is -2.27. The summed E-state index contributed by atoms with van der Waals surface area (Å²) >= 11 is 3.08. The van der Waals surface area contributed by atoms with Gasteiger partial charge in [-0.05, 0) is 117 Å². The van der Waals surface area contributed by atoms with Crippen LogP contribution in [0.3, 0.4) is 0 Å². The molecule has 4 fully saturated rings. The summed E-state index contributed by atoms with van der Waals surface area (Å²) in [6.07, 6.45) is -6.46. The molecule has 0 radical (unpaired) electrons. The van der Waals surface area contributed by atoms with Crippen LogP contribution in [0, 0.1) is 53.9 Å². The van der Waals surface area contributed by atoms with Crippen LogP contribution in [0.5, 0.6) is 11.8 Å². The van der Waals surface area contributed by atoms with E-state index < -0.39 is 54.5 Å². The van der Waals surface area contributed by atoms with E-state index in [0.717, 1.165) is 122 Å². The zero-order valence-electron chi connectivity index (χ0n) is 70.8. The molecule has 12 heterocycles. The number of carboxylic acids is 4. The lowest BCUT2D eigenvalue weighted by molar-refractivity contribution is -0.193. The van der Waals surface area contributed by atoms with Gasteiger partial charge in [-0.1, -0.05) is 94.0 Å². The Balaban J connectivity index is 0.000000242. The largest absolute Gasteiger partial charge is 0.490 e. The number of ether oxygens (including phenoxy) is 1. The van der Waals surface area contributed by atoms with Crippen molar-refractivity contribution in [3.8, 4) is 59.1 Å². The van der Waals surface area contributed by atoms with Gasteiger partial charge in [-0.3, -0.25) is 62.2 Å². The van der Waals surface area contributed by atoms with Crippen molar-refractivity contribution in [1.82, 2.24) is 78.1 Å². The van der Waals surface area contributed by atoms with Crippen molar-refractivity contribution >= 4 is 128 Å². The number of thioether (sulfide) groups is 2. The Labute approximate surface area is 734 Å². The number of rotatable bonds is 14. The number of hydrogen-bond donors (Lipinski definition) is 9. The number of para-hydroxylation sites is 1. The van der Waals surface area contributed by atoms with Gasteiger partial charge in [0.15, 0.2) is 49.3 Å². The molecule has 696 valence electrons. The lowest BCUT2D eigenvalue weighted by Crippen LogP contribution is -2.32. The van der Waals surface area contributed by atoms with Gasteiger partial charge in [0, 0.05) is 62.4 Å². The average molecular weight is 1860 g/mol. The van der Waals surface area contributed by atoms with Gasteiger partial charge in [-0.2, -0.15) is 77.6 Å². The molecule has 1 amide bonds. The van der Waals surface area contributed by atoms with Crippen molar-refractivity contribution in [1.29, 1.82) is 0 Å². The predicted molar refractivity (Wildman–Crippen MR) is 453 cm³/mol. The molecule has 50 heteroatoms. The van der Waals surface area contributed by atoms with Crippen molar-refractivity contribution in [3.05, 3.63) is 82.7 Å². The van der Waals surface area contributed by atoms with Gasteiger partial charge in [0.25, 0.3) is 22.6 Å². The summed E-state index contributed by atoms with van der Waals surface area (Å²) in [5.41, 5.74) is 7.93. The maximum absolute atomic E-state index is 12.9. The number of nitrogens with zero attached hydrogens (tertiary/aromatic N) is 17. The molecule has 129 heavy (non-hydrogen) atoms. The number of carbonyl (C=O) groups excluding carboxylic acids is 1. The molecule has 0 saturated carbocycles. The van der Waals surface area contributed by atoms with Gasteiger partial charge < -0.3 is 55.3 Å². The Morgan fingerprint density at radius 3 is 1.02 bits per heavy atom.